The Kier molecular flexibility index (Phi) is 6.10. The van der Waals surface area contributed by atoms with E-state index in [2.05, 4.69) is 16.9 Å². The number of halogens is 3. The summed E-state index contributed by atoms with van der Waals surface area (Å²) < 4.78 is 38.3. The molecule has 2 unspecified atom stereocenters. The number of rotatable bonds is 7. The highest BCUT2D eigenvalue weighted by molar-refractivity contribution is 6.16. The van der Waals surface area contributed by atoms with Crippen LogP contribution in [0.25, 0.3) is 0 Å². The van der Waals surface area contributed by atoms with E-state index in [1.54, 1.807) is 13.0 Å². The minimum atomic E-state index is -4.45. The van der Waals surface area contributed by atoms with Gasteiger partial charge in [-0.25, -0.2) is 0 Å². The van der Waals surface area contributed by atoms with Gasteiger partial charge in [0.25, 0.3) is 0 Å². The van der Waals surface area contributed by atoms with Crippen molar-refractivity contribution < 1.29 is 13.2 Å². The topological polar surface area (TPSA) is 50.4 Å². The molecule has 3 nitrogen and oxygen atoms in total. The molecule has 1 aliphatic rings. The third-order valence-corrected chi connectivity index (χ3v) is 4.87. The van der Waals surface area contributed by atoms with Crippen LogP contribution in [0.3, 0.4) is 0 Å². The van der Waals surface area contributed by atoms with Gasteiger partial charge in [0, 0.05) is 11.1 Å². The fourth-order valence-electron chi connectivity index (χ4n) is 3.35. The van der Waals surface area contributed by atoms with Crippen molar-refractivity contribution in [2.24, 2.45) is 10.7 Å². The third-order valence-electron chi connectivity index (χ3n) is 4.87. The van der Waals surface area contributed by atoms with Crippen LogP contribution in [0, 0.1) is 0 Å². The summed E-state index contributed by atoms with van der Waals surface area (Å²) in [7, 11) is 0. The monoisotopic (exact) mass is 411 g/mol. The summed E-state index contributed by atoms with van der Waals surface area (Å²) in [5.74, 6) is 0. The van der Waals surface area contributed by atoms with Crippen molar-refractivity contribution >= 4 is 5.71 Å². The van der Waals surface area contributed by atoms with E-state index in [1.165, 1.54) is 0 Å². The molecule has 30 heavy (non-hydrogen) atoms. The molecule has 6 heteroatoms. The molecule has 3 rings (SSSR count). The molecule has 2 aromatic rings. The number of allylic oxidation sites excluding steroid dienone is 4. The molecular formula is C24H24F3N3. The first-order valence-corrected chi connectivity index (χ1v) is 9.50. The quantitative estimate of drug-likeness (QED) is 0.463. The zero-order valence-corrected chi connectivity index (χ0v) is 16.9. The van der Waals surface area contributed by atoms with Crippen molar-refractivity contribution in [3.63, 3.8) is 0 Å². The van der Waals surface area contributed by atoms with Gasteiger partial charge >= 0.3 is 6.18 Å². The van der Waals surface area contributed by atoms with E-state index in [9.17, 15) is 13.2 Å². The third kappa shape index (κ3) is 4.78. The number of hydrogen-bond donors (Lipinski definition) is 2. The van der Waals surface area contributed by atoms with E-state index in [1.807, 2.05) is 67.6 Å². The molecule has 2 atom stereocenters. The number of nitrogens with one attached hydrogen (secondary N) is 1. The van der Waals surface area contributed by atoms with Gasteiger partial charge < -0.3 is 5.73 Å². The smallest absolute Gasteiger partial charge is 0.312 e. The fourth-order valence-corrected chi connectivity index (χ4v) is 3.35. The number of aliphatic imine (C=N–C) groups is 1. The van der Waals surface area contributed by atoms with Crippen LogP contribution in [0.4, 0.5) is 13.2 Å². The lowest BCUT2D eigenvalue weighted by Crippen LogP contribution is -2.42. The molecule has 1 aliphatic heterocycles. The molecule has 0 aliphatic carbocycles. The van der Waals surface area contributed by atoms with Gasteiger partial charge in [-0.05, 0) is 31.1 Å². The largest absolute Gasteiger partial charge is 0.415 e. The van der Waals surface area contributed by atoms with E-state index in [-0.39, 0.29) is 0 Å². The van der Waals surface area contributed by atoms with Gasteiger partial charge in [-0.3, -0.25) is 10.3 Å². The van der Waals surface area contributed by atoms with Crippen molar-refractivity contribution in [2.45, 2.75) is 31.9 Å². The number of hydrogen-bond acceptors (Lipinski definition) is 3. The van der Waals surface area contributed by atoms with E-state index in [0.29, 0.717) is 5.57 Å². The fraction of sp³-hybridized carbons (Fsp3) is 0.208. The zero-order valence-electron chi connectivity index (χ0n) is 16.9. The van der Waals surface area contributed by atoms with Crippen LogP contribution in [0.15, 0.2) is 101 Å². The molecule has 0 saturated heterocycles. The van der Waals surface area contributed by atoms with Crippen molar-refractivity contribution in [3.8, 4) is 0 Å². The zero-order chi connectivity index (χ0) is 21.9. The molecule has 0 bridgehead atoms. The molecule has 1 heterocycles. The van der Waals surface area contributed by atoms with Gasteiger partial charge in [0.1, 0.15) is 0 Å². The lowest BCUT2D eigenvalue weighted by Gasteiger charge is -2.23. The first-order chi connectivity index (χ1) is 14.1. The molecule has 156 valence electrons. The maximum Gasteiger partial charge on any atom is 0.415 e. The summed E-state index contributed by atoms with van der Waals surface area (Å²) in [4.78, 5) is 4.69. The summed E-state index contributed by atoms with van der Waals surface area (Å²) in [5, 5.41) is 3.39. The summed E-state index contributed by atoms with van der Waals surface area (Å²) >= 11 is 0. The van der Waals surface area contributed by atoms with E-state index in [0.717, 1.165) is 28.5 Å². The van der Waals surface area contributed by atoms with Gasteiger partial charge in [0.2, 0.25) is 0 Å². The molecule has 0 spiro atoms. The van der Waals surface area contributed by atoms with Crippen molar-refractivity contribution in [3.05, 3.63) is 107 Å². The van der Waals surface area contributed by atoms with Crippen LogP contribution in [0.2, 0.25) is 0 Å². The minimum absolute atomic E-state index is 0.443. The number of alkyl halides is 3. The molecule has 0 radical (unpaired) electrons. The van der Waals surface area contributed by atoms with Gasteiger partial charge in [-0.15, -0.1) is 0 Å². The Hall–Kier alpha value is -2.96. The summed E-state index contributed by atoms with van der Waals surface area (Å²) in [6, 6.07) is 19.2. The molecular weight excluding hydrogens is 387 g/mol. The molecule has 0 aromatic heterocycles. The highest BCUT2D eigenvalue weighted by Gasteiger charge is 2.50. The number of benzene rings is 2. The predicted octanol–water partition coefficient (Wildman–Crippen LogP) is 5.55. The van der Waals surface area contributed by atoms with Crippen LogP contribution < -0.4 is 11.1 Å². The van der Waals surface area contributed by atoms with Crippen molar-refractivity contribution in [2.75, 3.05) is 0 Å². The summed E-state index contributed by atoms with van der Waals surface area (Å²) in [5.41, 5.74) is 8.46. The molecule has 0 amide bonds. The molecule has 3 N–H and O–H groups in total. The van der Waals surface area contributed by atoms with E-state index in [4.69, 9.17) is 5.73 Å². The number of nitrogens with two attached hydrogens (primary N) is 1. The van der Waals surface area contributed by atoms with Gasteiger partial charge in [0.05, 0.1) is 11.9 Å². The van der Waals surface area contributed by atoms with E-state index >= 15 is 0 Å². The maximum atomic E-state index is 12.8. The van der Waals surface area contributed by atoms with Gasteiger partial charge in [-0.2, -0.15) is 13.2 Å². The highest BCUT2D eigenvalue weighted by Crippen LogP contribution is 2.41. The standard InChI is InChI=1S/C24H24F3N3/c1-16(15-18(3)24(25,26)27)14-17(2)21-23(29-21,20-12-8-5-9-13-20)30-22(28)19-10-6-4-7-11-19/h4-15,22,30H,3,28H2,1-2H3/b16-15-,17-14+. The average molecular weight is 411 g/mol. The molecule has 0 fully saturated rings. The van der Waals surface area contributed by atoms with Crippen molar-refractivity contribution in [1.29, 1.82) is 0 Å². The van der Waals surface area contributed by atoms with E-state index < -0.39 is 23.6 Å². The first kappa shape index (κ1) is 21.7. The molecule has 0 saturated carbocycles. The normalized spacial score (nSPS) is 20.5. The van der Waals surface area contributed by atoms with Crippen LogP contribution in [0.1, 0.15) is 31.1 Å². The van der Waals surface area contributed by atoms with Crippen LogP contribution >= 0.6 is 0 Å². The first-order valence-electron chi connectivity index (χ1n) is 9.50. The average Bonchev–Trinajstić information content (AvgIpc) is 3.44. The van der Waals surface area contributed by atoms with Crippen LogP contribution in [0.5, 0.6) is 0 Å². The Morgan fingerprint density at radius 1 is 1.03 bits per heavy atom. The van der Waals surface area contributed by atoms with Crippen LogP contribution in [-0.2, 0) is 5.66 Å². The Bertz CT molecular complexity index is 1000. The second kappa shape index (κ2) is 8.42. The van der Waals surface area contributed by atoms with Gasteiger partial charge in [-0.1, -0.05) is 78.9 Å². The molecule has 2 aromatic carbocycles. The second-order valence-electron chi connectivity index (χ2n) is 7.31. The minimum Gasteiger partial charge on any atom is -0.312 e. The van der Waals surface area contributed by atoms with Gasteiger partial charge in [0.15, 0.2) is 5.66 Å². The lowest BCUT2D eigenvalue weighted by molar-refractivity contribution is -0.0878. The summed E-state index contributed by atoms with van der Waals surface area (Å²) in [6.45, 7) is 6.53. The second-order valence-corrected chi connectivity index (χ2v) is 7.31. The Balaban J connectivity index is 1.86. The Morgan fingerprint density at radius 2 is 1.60 bits per heavy atom. The summed E-state index contributed by atoms with van der Waals surface area (Å²) in [6.07, 6.45) is -2.21. The SMILES string of the molecule is C=C(/C=C(C)\C=C(/C)C1=NC1(NC(N)c1ccccc1)c1ccccc1)C(F)(F)F. The predicted molar refractivity (Wildman–Crippen MR) is 115 cm³/mol. The number of nitrogens with zero attached hydrogens (tertiary/aromatic N) is 1. The Labute approximate surface area is 174 Å². The van der Waals surface area contributed by atoms with Crippen molar-refractivity contribution in [1.82, 2.24) is 5.32 Å². The van der Waals surface area contributed by atoms with Crippen LogP contribution in [-0.4, -0.2) is 11.9 Å². The maximum absolute atomic E-state index is 12.8. The Morgan fingerprint density at radius 3 is 2.17 bits per heavy atom. The lowest BCUT2D eigenvalue weighted by atomic mass is 9.96. The highest BCUT2D eigenvalue weighted by atomic mass is 19.4.